The quantitative estimate of drug-likeness (QED) is 0.540. The minimum Gasteiger partial charge on any atom is -0.490 e. The van der Waals surface area contributed by atoms with Gasteiger partial charge in [0, 0.05) is 6.54 Å². The van der Waals surface area contributed by atoms with Crippen molar-refractivity contribution in [3.05, 3.63) is 42.5 Å². The van der Waals surface area contributed by atoms with E-state index in [9.17, 15) is 4.39 Å². The van der Waals surface area contributed by atoms with Crippen LogP contribution in [-0.4, -0.2) is 19.8 Å². The van der Waals surface area contributed by atoms with E-state index >= 15 is 0 Å². The molecule has 2 nitrogen and oxygen atoms in total. The van der Waals surface area contributed by atoms with Gasteiger partial charge in [-0.1, -0.05) is 24.8 Å². The van der Waals surface area contributed by atoms with E-state index in [-0.39, 0.29) is 6.67 Å². The largest absolute Gasteiger partial charge is 0.490 e. The second kappa shape index (κ2) is 7.88. The average molecular weight is 223 g/mol. The lowest BCUT2D eigenvalue weighted by molar-refractivity contribution is 0.362. The van der Waals surface area contributed by atoms with Gasteiger partial charge in [0.1, 0.15) is 12.4 Å². The average Bonchev–Trinajstić information content (AvgIpc) is 2.33. The third-order valence-corrected chi connectivity index (χ3v) is 2.08. The fraction of sp³-hybridized carbons (Fsp3) is 0.385. The third-order valence-electron chi connectivity index (χ3n) is 2.08. The van der Waals surface area contributed by atoms with Crippen molar-refractivity contribution in [2.24, 2.45) is 0 Å². The van der Waals surface area contributed by atoms with Gasteiger partial charge in [-0.15, -0.1) is 0 Å². The summed E-state index contributed by atoms with van der Waals surface area (Å²) in [6, 6.07) is 7.86. The molecule has 0 unspecified atom stereocenters. The Morgan fingerprint density at radius 1 is 1.44 bits per heavy atom. The Kier molecular flexibility index (Phi) is 6.26. The molecule has 3 heteroatoms. The maximum absolute atomic E-state index is 11.9. The summed E-state index contributed by atoms with van der Waals surface area (Å²) in [5.41, 5.74) is 1.14. The van der Waals surface area contributed by atoms with Gasteiger partial charge in [0.15, 0.2) is 0 Å². The summed E-state index contributed by atoms with van der Waals surface area (Å²) in [6.07, 6.45) is 2.28. The van der Waals surface area contributed by atoms with Crippen LogP contribution >= 0.6 is 0 Å². The fourth-order valence-electron chi connectivity index (χ4n) is 1.32. The van der Waals surface area contributed by atoms with Gasteiger partial charge in [0.05, 0.1) is 6.67 Å². The van der Waals surface area contributed by atoms with Gasteiger partial charge in [0.25, 0.3) is 0 Å². The molecule has 0 aliphatic carbocycles. The molecule has 1 aromatic carbocycles. The Balaban J connectivity index is 2.37. The van der Waals surface area contributed by atoms with E-state index in [0.29, 0.717) is 19.6 Å². The minimum absolute atomic E-state index is 0.268. The first-order chi connectivity index (χ1) is 7.86. The van der Waals surface area contributed by atoms with Gasteiger partial charge < -0.3 is 10.1 Å². The molecule has 0 aliphatic heterocycles. The summed E-state index contributed by atoms with van der Waals surface area (Å²) in [4.78, 5) is 0. The van der Waals surface area contributed by atoms with Crippen LogP contribution in [0.1, 0.15) is 12.0 Å². The molecular weight excluding hydrogens is 205 g/mol. The van der Waals surface area contributed by atoms with Crippen LogP contribution in [-0.2, 0) is 6.54 Å². The normalized spacial score (nSPS) is 10.1. The standard InChI is InChI=1S/C13H18FNO/c1-2-9-16-13-6-3-5-12(10-13)11-15-8-4-7-14/h2-3,5-6,10,15H,1,4,7-9,11H2. The van der Waals surface area contributed by atoms with E-state index in [1.165, 1.54) is 0 Å². The Morgan fingerprint density at radius 2 is 2.31 bits per heavy atom. The van der Waals surface area contributed by atoms with E-state index in [1.54, 1.807) is 6.08 Å². The van der Waals surface area contributed by atoms with Crippen molar-refractivity contribution >= 4 is 0 Å². The van der Waals surface area contributed by atoms with Crippen LogP contribution in [0.3, 0.4) is 0 Å². The smallest absolute Gasteiger partial charge is 0.120 e. The minimum atomic E-state index is -0.268. The lowest BCUT2D eigenvalue weighted by Crippen LogP contribution is -2.15. The van der Waals surface area contributed by atoms with Crippen molar-refractivity contribution in [2.45, 2.75) is 13.0 Å². The number of alkyl halides is 1. The number of halogens is 1. The number of rotatable bonds is 8. The van der Waals surface area contributed by atoms with Crippen LogP contribution in [0.5, 0.6) is 5.75 Å². The zero-order valence-electron chi connectivity index (χ0n) is 9.42. The molecule has 1 N–H and O–H groups in total. The Hall–Kier alpha value is -1.35. The Labute approximate surface area is 96.1 Å². The van der Waals surface area contributed by atoms with Gasteiger partial charge in [-0.2, -0.15) is 0 Å². The monoisotopic (exact) mass is 223 g/mol. The topological polar surface area (TPSA) is 21.3 Å². The summed E-state index contributed by atoms with van der Waals surface area (Å²) in [6.45, 7) is 5.28. The number of ether oxygens (including phenoxy) is 1. The molecule has 0 aromatic heterocycles. The van der Waals surface area contributed by atoms with Gasteiger partial charge in [-0.05, 0) is 30.7 Å². The molecule has 0 amide bonds. The van der Waals surface area contributed by atoms with Gasteiger partial charge in [-0.25, -0.2) is 0 Å². The molecule has 1 aromatic rings. The first kappa shape index (κ1) is 12.7. The lowest BCUT2D eigenvalue weighted by Gasteiger charge is -2.07. The van der Waals surface area contributed by atoms with Crippen molar-refractivity contribution in [3.8, 4) is 5.75 Å². The molecule has 88 valence electrons. The number of hydrogen-bond donors (Lipinski definition) is 1. The van der Waals surface area contributed by atoms with Crippen LogP contribution in [0.4, 0.5) is 4.39 Å². The van der Waals surface area contributed by atoms with Crippen molar-refractivity contribution in [2.75, 3.05) is 19.8 Å². The summed E-state index contributed by atoms with van der Waals surface area (Å²) in [7, 11) is 0. The van der Waals surface area contributed by atoms with E-state index in [2.05, 4.69) is 11.9 Å². The maximum Gasteiger partial charge on any atom is 0.120 e. The van der Waals surface area contributed by atoms with Crippen molar-refractivity contribution in [1.82, 2.24) is 5.32 Å². The third kappa shape index (κ3) is 4.94. The second-order valence-electron chi connectivity index (χ2n) is 3.47. The van der Waals surface area contributed by atoms with Crippen LogP contribution in [0.25, 0.3) is 0 Å². The van der Waals surface area contributed by atoms with Gasteiger partial charge >= 0.3 is 0 Å². The lowest BCUT2D eigenvalue weighted by atomic mass is 10.2. The van der Waals surface area contributed by atoms with Gasteiger partial charge in [-0.3, -0.25) is 4.39 Å². The molecule has 0 saturated carbocycles. The Bertz CT molecular complexity index is 315. The zero-order chi connectivity index (χ0) is 11.6. The molecule has 0 bridgehead atoms. The zero-order valence-corrected chi connectivity index (χ0v) is 9.42. The molecule has 1 rings (SSSR count). The van der Waals surface area contributed by atoms with Crippen LogP contribution in [0, 0.1) is 0 Å². The number of nitrogens with one attached hydrogen (secondary N) is 1. The SMILES string of the molecule is C=CCOc1cccc(CNCCCF)c1. The van der Waals surface area contributed by atoms with E-state index in [4.69, 9.17) is 4.74 Å². The predicted octanol–water partition coefficient (Wildman–Crippen LogP) is 2.70. The molecule has 0 radical (unpaired) electrons. The summed E-state index contributed by atoms with van der Waals surface area (Å²) >= 11 is 0. The summed E-state index contributed by atoms with van der Waals surface area (Å²) in [5.74, 6) is 0.838. The molecule has 0 fully saturated rings. The van der Waals surface area contributed by atoms with Gasteiger partial charge in [0.2, 0.25) is 0 Å². The molecular formula is C13H18FNO. The number of hydrogen-bond acceptors (Lipinski definition) is 2. The first-order valence-corrected chi connectivity index (χ1v) is 5.46. The maximum atomic E-state index is 11.9. The van der Waals surface area contributed by atoms with E-state index in [1.807, 2.05) is 24.3 Å². The highest BCUT2D eigenvalue weighted by Gasteiger charge is 1.96. The molecule has 0 heterocycles. The molecule has 0 aliphatic rings. The summed E-state index contributed by atoms with van der Waals surface area (Å²) < 4.78 is 17.3. The molecule has 0 saturated heterocycles. The Morgan fingerprint density at radius 3 is 3.06 bits per heavy atom. The molecule has 0 atom stereocenters. The highest BCUT2D eigenvalue weighted by molar-refractivity contribution is 5.28. The second-order valence-corrected chi connectivity index (χ2v) is 3.47. The summed E-state index contributed by atoms with van der Waals surface area (Å²) in [5, 5.41) is 3.17. The fourth-order valence-corrected chi connectivity index (χ4v) is 1.32. The van der Waals surface area contributed by atoms with Crippen LogP contribution in [0.2, 0.25) is 0 Å². The highest BCUT2D eigenvalue weighted by atomic mass is 19.1. The molecule has 16 heavy (non-hydrogen) atoms. The number of benzene rings is 1. The van der Waals surface area contributed by atoms with Crippen molar-refractivity contribution in [3.63, 3.8) is 0 Å². The van der Waals surface area contributed by atoms with E-state index < -0.39 is 0 Å². The van der Waals surface area contributed by atoms with E-state index in [0.717, 1.165) is 17.9 Å². The highest BCUT2D eigenvalue weighted by Crippen LogP contribution is 2.13. The van der Waals surface area contributed by atoms with Crippen LogP contribution < -0.4 is 10.1 Å². The predicted molar refractivity (Wildman–Crippen MR) is 64.4 cm³/mol. The van der Waals surface area contributed by atoms with Crippen LogP contribution in [0.15, 0.2) is 36.9 Å². The van der Waals surface area contributed by atoms with Crippen molar-refractivity contribution < 1.29 is 9.13 Å². The van der Waals surface area contributed by atoms with Crippen molar-refractivity contribution in [1.29, 1.82) is 0 Å². The molecule has 0 spiro atoms. The first-order valence-electron chi connectivity index (χ1n) is 5.46.